The van der Waals surface area contributed by atoms with Gasteiger partial charge in [-0.3, -0.25) is 0 Å². The maximum atomic E-state index is 6.00. The molecule has 1 aliphatic rings. The number of furan rings is 1. The summed E-state index contributed by atoms with van der Waals surface area (Å²) in [5, 5.41) is 4.62. The number of benzene rings is 1. The lowest BCUT2D eigenvalue weighted by atomic mass is 10.4. The number of nitrogens with one attached hydrogen (secondary N) is 1. The molecule has 0 aliphatic heterocycles. The van der Waals surface area contributed by atoms with Crippen LogP contribution in [0.4, 0.5) is 0 Å². The van der Waals surface area contributed by atoms with Crippen LogP contribution in [0.25, 0.3) is 0 Å². The fourth-order valence-corrected chi connectivity index (χ4v) is 3.04. The zero-order chi connectivity index (χ0) is 13.9. The zero-order valence-electron chi connectivity index (χ0n) is 10.9. The summed E-state index contributed by atoms with van der Waals surface area (Å²) in [4.78, 5) is 1.09. The maximum Gasteiger partial charge on any atom is 0.118 e. The lowest BCUT2D eigenvalue weighted by Gasteiger charge is -2.02. The van der Waals surface area contributed by atoms with Gasteiger partial charge < -0.3 is 9.73 Å². The molecule has 1 N–H and O–H groups in total. The average molecular weight is 328 g/mol. The van der Waals surface area contributed by atoms with Crippen molar-refractivity contribution in [2.75, 3.05) is 0 Å². The van der Waals surface area contributed by atoms with Crippen LogP contribution in [0.1, 0.15) is 24.4 Å². The largest absolute Gasteiger partial charge is 0.464 e. The minimum atomic E-state index is 0.586. The number of thioether (sulfide) groups is 1. The molecule has 3 rings (SSSR count). The predicted octanol–water partition coefficient (Wildman–Crippen LogP) is 5.13. The standard InChI is InChI=1S/C15H15Cl2NOS/c16-14-6-5-13(7-15(14)17)20-9-12-4-3-11(19-12)8-18-10-1-2-10/h3-7,10,18H,1-2,8-9H2. The Balaban J connectivity index is 1.53. The molecule has 5 heteroatoms. The Bertz CT molecular complexity index is 595. The van der Waals surface area contributed by atoms with E-state index in [9.17, 15) is 0 Å². The normalized spacial score (nSPS) is 14.7. The zero-order valence-corrected chi connectivity index (χ0v) is 13.2. The highest BCUT2D eigenvalue weighted by molar-refractivity contribution is 7.98. The van der Waals surface area contributed by atoms with Gasteiger partial charge in [0, 0.05) is 10.9 Å². The Morgan fingerprint density at radius 2 is 1.90 bits per heavy atom. The molecule has 0 saturated heterocycles. The lowest BCUT2D eigenvalue weighted by molar-refractivity contribution is 0.458. The van der Waals surface area contributed by atoms with Crippen LogP contribution in [-0.4, -0.2) is 6.04 Å². The van der Waals surface area contributed by atoms with Gasteiger partial charge in [-0.1, -0.05) is 23.2 Å². The van der Waals surface area contributed by atoms with Gasteiger partial charge in [-0.2, -0.15) is 0 Å². The van der Waals surface area contributed by atoms with Crippen molar-refractivity contribution in [3.05, 3.63) is 51.9 Å². The van der Waals surface area contributed by atoms with E-state index in [1.165, 1.54) is 12.8 Å². The predicted molar refractivity (Wildman–Crippen MR) is 84.6 cm³/mol. The van der Waals surface area contributed by atoms with E-state index in [2.05, 4.69) is 5.32 Å². The Labute approximate surface area is 132 Å². The summed E-state index contributed by atoms with van der Waals surface area (Å²) in [6.45, 7) is 0.822. The van der Waals surface area contributed by atoms with Crippen LogP contribution in [0, 0.1) is 0 Å². The summed E-state index contributed by atoms with van der Waals surface area (Å²) in [7, 11) is 0. The van der Waals surface area contributed by atoms with E-state index >= 15 is 0 Å². The van der Waals surface area contributed by atoms with Crippen LogP contribution in [0.3, 0.4) is 0 Å². The molecule has 0 unspecified atom stereocenters. The summed E-state index contributed by atoms with van der Waals surface area (Å²) in [5.41, 5.74) is 0. The van der Waals surface area contributed by atoms with Crippen LogP contribution in [0.2, 0.25) is 10.0 Å². The van der Waals surface area contributed by atoms with E-state index in [-0.39, 0.29) is 0 Å². The maximum absolute atomic E-state index is 6.00. The Morgan fingerprint density at radius 1 is 1.10 bits per heavy atom. The average Bonchev–Trinajstić information content (AvgIpc) is 3.16. The topological polar surface area (TPSA) is 25.2 Å². The second-order valence-electron chi connectivity index (χ2n) is 4.89. The summed E-state index contributed by atoms with van der Waals surface area (Å²) in [6.07, 6.45) is 2.58. The highest BCUT2D eigenvalue weighted by Crippen LogP contribution is 2.30. The molecule has 1 fully saturated rings. The highest BCUT2D eigenvalue weighted by atomic mass is 35.5. The summed E-state index contributed by atoms with van der Waals surface area (Å²) < 4.78 is 5.80. The Morgan fingerprint density at radius 3 is 2.65 bits per heavy atom. The van der Waals surface area contributed by atoms with E-state index < -0.39 is 0 Å². The third kappa shape index (κ3) is 3.95. The molecule has 106 valence electrons. The molecule has 0 atom stereocenters. The molecule has 0 radical (unpaired) electrons. The van der Waals surface area contributed by atoms with Crippen molar-refractivity contribution in [2.45, 2.75) is 36.1 Å². The number of hydrogen-bond donors (Lipinski definition) is 1. The smallest absolute Gasteiger partial charge is 0.118 e. The van der Waals surface area contributed by atoms with Gasteiger partial charge in [0.05, 0.1) is 22.3 Å². The van der Waals surface area contributed by atoms with Crippen LogP contribution < -0.4 is 5.32 Å². The summed E-state index contributed by atoms with van der Waals surface area (Å²) in [5.74, 6) is 2.77. The van der Waals surface area contributed by atoms with Gasteiger partial charge in [0.2, 0.25) is 0 Å². The first kappa shape index (κ1) is 14.3. The summed E-state index contributed by atoms with van der Waals surface area (Å²) in [6, 6.07) is 10.5. The molecule has 0 spiro atoms. The molecule has 2 nitrogen and oxygen atoms in total. The molecule has 20 heavy (non-hydrogen) atoms. The van der Waals surface area contributed by atoms with Crippen LogP contribution in [0.5, 0.6) is 0 Å². The first-order valence-electron chi connectivity index (χ1n) is 6.59. The van der Waals surface area contributed by atoms with Gasteiger partial charge in [-0.05, 0) is 43.2 Å². The highest BCUT2D eigenvalue weighted by Gasteiger charge is 2.20. The van der Waals surface area contributed by atoms with Gasteiger partial charge >= 0.3 is 0 Å². The van der Waals surface area contributed by atoms with E-state index in [1.54, 1.807) is 11.8 Å². The lowest BCUT2D eigenvalue weighted by Crippen LogP contribution is -2.14. The summed E-state index contributed by atoms with van der Waals surface area (Å²) >= 11 is 13.6. The minimum Gasteiger partial charge on any atom is -0.464 e. The third-order valence-corrected chi connectivity index (χ3v) is 4.89. The second kappa shape index (κ2) is 6.44. The fourth-order valence-electron chi connectivity index (χ4n) is 1.85. The van der Waals surface area contributed by atoms with Gasteiger partial charge in [0.25, 0.3) is 0 Å². The molecule has 0 amide bonds. The molecule has 1 heterocycles. The van der Waals surface area contributed by atoms with Crippen LogP contribution in [-0.2, 0) is 12.3 Å². The van der Waals surface area contributed by atoms with Gasteiger partial charge in [-0.15, -0.1) is 11.8 Å². The molecular weight excluding hydrogens is 313 g/mol. The van der Waals surface area contributed by atoms with Crippen molar-refractivity contribution >= 4 is 35.0 Å². The van der Waals surface area contributed by atoms with E-state index in [1.807, 2.05) is 30.3 Å². The van der Waals surface area contributed by atoms with Crippen LogP contribution >= 0.6 is 35.0 Å². The van der Waals surface area contributed by atoms with Crippen molar-refractivity contribution in [3.63, 3.8) is 0 Å². The molecule has 1 aromatic carbocycles. The van der Waals surface area contributed by atoms with Gasteiger partial charge in [-0.25, -0.2) is 0 Å². The Hall–Kier alpha value is -0.610. The monoisotopic (exact) mass is 327 g/mol. The first-order chi connectivity index (χ1) is 9.70. The van der Waals surface area contributed by atoms with Crippen molar-refractivity contribution in [1.82, 2.24) is 5.32 Å². The Kier molecular flexibility index (Phi) is 4.61. The molecule has 1 saturated carbocycles. The molecule has 0 bridgehead atoms. The molecule has 1 aliphatic carbocycles. The molecule has 1 aromatic heterocycles. The fraction of sp³-hybridized carbons (Fsp3) is 0.333. The van der Waals surface area contributed by atoms with Crippen molar-refractivity contribution in [1.29, 1.82) is 0 Å². The van der Waals surface area contributed by atoms with E-state index in [0.29, 0.717) is 16.1 Å². The SMILES string of the molecule is Clc1ccc(SCc2ccc(CNC3CC3)o2)cc1Cl. The minimum absolute atomic E-state index is 0.586. The van der Waals surface area contributed by atoms with Gasteiger partial charge in [0.15, 0.2) is 0 Å². The third-order valence-electron chi connectivity index (χ3n) is 3.13. The van der Waals surface area contributed by atoms with Crippen molar-refractivity contribution in [3.8, 4) is 0 Å². The number of rotatable bonds is 6. The van der Waals surface area contributed by atoms with E-state index in [4.69, 9.17) is 27.6 Å². The van der Waals surface area contributed by atoms with Crippen molar-refractivity contribution in [2.24, 2.45) is 0 Å². The number of halogens is 2. The number of hydrogen-bond acceptors (Lipinski definition) is 3. The molecule has 2 aromatic rings. The second-order valence-corrected chi connectivity index (χ2v) is 6.75. The van der Waals surface area contributed by atoms with Gasteiger partial charge in [0.1, 0.15) is 11.5 Å². The quantitative estimate of drug-likeness (QED) is 0.744. The molecular formula is C15H15Cl2NOS. The van der Waals surface area contributed by atoms with Crippen molar-refractivity contribution < 1.29 is 4.42 Å². The van der Waals surface area contributed by atoms with E-state index in [0.717, 1.165) is 28.7 Å². The van der Waals surface area contributed by atoms with Crippen LogP contribution in [0.15, 0.2) is 39.6 Å². The first-order valence-corrected chi connectivity index (χ1v) is 8.34.